The monoisotopic (exact) mass is 372 g/mol. The van der Waals surface area contributed by atoms with E-state index in [1.165, 1.54) is 51.4 Å². The molecule has 2 N–H and O–H groups in total. The first kappa shape index (κ1) is 21.6. The van der Waals surface area contributed by atoms with Crippen LogP contribution in [0, 0.1) is 0 Å². The summed E-state index contributed by atoms with van der Waals surface area (Å²) in [6.45, 7) is 2.18. The van der Waals surface area contributed by atoms with Crippen molar-refractivity contribution in [3.05, 3.63) is 0 Å². The second-order valence-corrected chi connectivity index (χ2v) is 7.70. The van der Waals surface area contributed by atoms with Crippen LogP contribution in [-0.2, 0) is 19.0 Å². The van der Waals surface area contributed by atoms with E-state index >= 15 is 0 Å². The van der Waals surface area contributed by atoms with Crippen LogP contribution < -0.4 is 0 Å². The lowest BCUT2D eigenvalue weighted by Gasteiger charge is -2.26. The lowest BCUT2D eigenvalue weighted by Crippen LogP contribution is -2.47. The van der Waals surface area contributed by atoms with Crippen LogP contribution in [0.2, 0.25) is 0 Å². The van der Waals surface area contributed by atoms with E-state index < -0.39 is 30.1 Å². The summed E-state index contributed by atoms with van der Waals surface area (Å²) in [7, 11) is 0. The van der Waals surface area contributed by atoms with Gasteiger partial charge in [0.15, 0.2) is 6.10 Å². The first-order valence-corrected chi connectivity index (χ1v) is 10.4. The second kappa shape index (κ2) is 11.2. The smallest absolute Gasteiger partial charge is 0.308 e. The minimum absolute atomic E-state index is 0.0911. The molecule has 2 rings (SSSR count). The van der Waals surface area contributed by atoms with Crippen LogP contribution in [0.5, 0.6) is 0 Å². The molecule has 0 aromatic heterocycles. The predicted molar refractivity (Wildman–Crippen MR) is 97.6 cm³/mol. The summed E-state index contributed by atoms with van der Waals surface area (Å²) >= 11 is 0. The van der Waals surface area contributed by atoms with E-state index in [1.54, 1.807) is 0 Å². The number of aliphatic hydroxyl groups is 2. The number of carbonyl (C=O) groups excluding carboxylic acids is 1. The van der Waals surface area contributed by atoms with Gasteiger partial charge in [-0.1, -0.05) is 71.1 Å². The van der Waals surface area contributed by atoms with Crippen LogP contribution in [0.4, 0.5) is 0 Å². The third-order valence-electron chi connectivity index (χ3n) is 5.33. The molecule has 6 heteroatoms. The van der Waals surface area contributed by atoms with E-state index in [4.69, 9.17) is 14.2 Å². The van der Waals surface area contributed by atoms with Crippen molar-refractivity contribution < 1.29 is 29.2 Å². The van der Waals surface area contributed by atoms with Gasteiger partial charge in [-0.05, 0) is 6.42 Å². The van der Waals surface area contributed by atoms with Crippen molar-refractivity contribution in [1.29, 1.82) is 0 Å². The van der Waals surface area contributed by atoms with Gasteiger partial charge in [0.2, 0.25) is 0 Å². The average molecular weight is 373 g/mol. The van der Waals surface area contributed by atoms with Crippen molar-refractivity contribution in [1.82, 2.24) is 0 Å². The summed E-state index contributed by atoms with van der Waals surface area (Å²) in [6.07, 6.45) is 11.5. The van der Waals surface area contributed by atoms with E-state index in [1.807, 2.05) is 0 Å². The number of unbranched alkanes of at least 4 members (excludes halogenated alkanes) is 10. The Morgan fingerprint density at radius 3 is 2.19 bits per heavy atom. The van der Waals surface area contributed by atoms with E-state index in [0.29, 0.717) is 6.42 Å². The Hall–Kier alpha value is -0.690. The Labute approximate surface area is 157 Å². The Morgan fingerprint density at radius 2 is 1.58 bits per heavy atom. The molecule has 26 heavy (non-hydrogen) atoms. The van der Waals surface area contributed by atoms with Crippen LogP contribution in [0.25, 0.3) is 0 Å². The number of esters is 1. The molecule has 2 heterocycles. The lowest BCUT2D eigenvalue weighted by atomic mass is 10.1. The van der Waals surface area contributed by atoms with Gasteiger partial charge in [0.05, 0.1) is 6.61 Å². The number of ether oxygens (including phenoxy) is 3. The van der Waals surface area contributed by atoms with Gasteiger partial charge in [-0.15, -0.1) is 0 Å². The molecule has 0 spiro atoms. The highest BCUT2D eigenvalue weighted by Crippen LogP contribution is 2.35. The predicted octanol–water partition coefficient (Wildman–Crippen LogP) is 3.08. The molecule has 0 aliphatic carbocycles. The zero-order valence-corrected chi connectivity index (χ0v) is 16.2. The maximum Gasteiger partial charge on any atom is 0.308 e. The Balaban J connectivity index is 1.47. The second-order valence-electron chi connectivity index (χ2n) is 7.70. The van der Waals surface area contributed by atoms with Crippen molar-refractivity contribution >= 4 is 5.97 Å². The minimum atomic E-state index is -1.77. The first-order valence-electron chi connectivity index (χ1n) is 10.4. The Morgan fingerprint density at radius 1 is 1.00 bits per heavy atom. The molecule has 0 bridgehead atoms. The maximum atomic E-state index is 12.0. The molecule has 0 amide bonds. The molecular formula is C20H36O6. The fraction of sp³-hybridized carbons (Fsp3) is 0.950. The number of carbonyl (C=O) groups is 1. The molecule has 6 nitrogen and oxygen atoms in total. The minimum Gasteiger partial charge on any atom is -0.428 e. The molecule has 0 radical (unpaired) electrons. The molecule has 2 saturated heterocycles. The number of fused-ring (bicyclic) bond motifs is 1. The van der Waals surface area contributed by atoms with E-state index in [2.05, 4.69) is 6.92 Å². The van der Waals surface area contributed by atoms with E-state index in [9.17, 15) is 15.0 Å². The van der Waals surface area contributed by atoms with Crippen molar-refractivity contribution in [3.63, 3.8) is 0 Å². The maximum absolute atomic E-state index is 12.0. The normalized spacial score (nSPS) is 30.5. The van der Waals surface area contributed by atoms with Crippen LogP contribution in [0.3, 0.4) is 0 Å². The number of hydrogen-bond acceptors (Lipinski definition) is 6. The molecule has 2 aliphatic heterocycles. The summed E-state index contributed by atoms with van der Waals surface area (Å²) < 4.78 is 15.8. The van der Waals surface area contributed by atoms with Crippen LogP contribution in [0.1, 0.15) is 84.0 Å². The molecule has 0 aromatic carbocycles. The van der Waals surface area contributed by atoms with Crippen molar-refractivity contribution in [2.75, 3.05) is 13.2 Å². The molecule has 4 atom stereocenters. The van der Waals surface area contributed by atoms with E-state index in [0.717, 1.165) is 19.3 Å². The fourth-order valence-corrected chi connectivity index (χ4v) is 3.75. The van der Waals surface area contributed by atoms with Gasteiger partial charge in [0, 0.05) is 6.42 Å². The number of rotatable bonds is 13. The van der Waals surface area contributed by atoms with Crippen molar-refractivity contribution in [2.24, 2.45) is 0 Å². The molecule has 2 aliphatic rings. The van der Waals surface area contributed by atoms with Crippen molar-refractivity contribution in [2.45, 2.75) is 108 Å². The molecule has 0 aromatic rings. The SMILES string of the molecule is CCCCCCCCCCCCCC(=O)O[C@@]1(O)CO[C@@H]2[C@H](O)CO[C@@H]21. The quantitative estimate of drug-likeness (QED) is 0.294. The average Bonchev–Trinajstić information content (AvgIpc) is 3.14. The highest BCUT2D eigenvalue weighted by molar-refractivity contribution is 5.69. The molecule has 152 valence electrons. The van der Waals surface area contributed by atoms with E-state index in [-0.39, 0.29) is 13.2 Å². The van der Waals surface area contributed by atoms with Gasteiger partial charge in [-0.2, -0.15) is 0 Å². The number of hydrogen-bond donors (Lipinski definition) is 2. The standard InChI is InChI=1S/C20H36O6/c1-2-3-4-5-6-7-8-9-10-11-12-13-17(22)26-20(23)15-25-18-16(21)14-24-19(18)20/h16,18-19,21,23H,2-15H2,1H3/t16-,18-,19+,20+/m1/s1. The van der Waals surface area contributed by atoms with Crippen LogP contribution in [0.15, 0.2) is 0 Å². The first-order chi connectivity index (χ1) is 12.6. The molecule has 2 fully saturated rings. The summed E-state index contributed by atoms with van der Waals surface area (Å²) in [5, 5.41) is 20.1. The Kier molecular flexibility index (Phi) is 9.33. The summed E-state index contributed by atoms with van der Waals surface area (Å²) in [5.74, 6) is -2.20. The third kappa shape index (κ3) is 6.48. The van der Waals surface area contributed by atoms with Gasteiger partial charge in [0.1, 0.15) is 18.8 Å². The van der Waals surface area contributed by atoms with Crippen LogP contribution >= 0.6 is 0 Å². The van der Waals surface area contributed by atoms with Gasteiger partial charge < -0.3 is 24.4 Å². The molecule has 0 unspecified atom stereocenters. The number of aliphatic hydroxyl groups excluding tert-OH is 1. The largest absolute Gasteiger partial charge is 0.428 e. The summed E-state index contributed by atoms with van der Waals surface area (Å²) in [5.41, 5.74) is 0. The fourth-order valence-electron chi connectivity index (χ4n) is 3.75. The van der Waals surface area contributed by atoms with Gasteiger partial charge in [-0.3, -0.25) is 4.79 Å². The Bertz CT molecular complexity index is 415. The van der Waals surface area contributed by atoms with Crippen molar-refractivity contribution in [3.8, 4) is 0 Å². The summed E-state index contributed by atoms with van der Waals surface area (Å²) in [4.78, 5) is 12.0. The van der Waals surface area contributed by atoms with Gasteiger partial charge >= 0.3 is 5.97 Å². The summed E-state index contributed by atoms with van der Waals surface area (Å²) in [6, 6.07) is 0. The van der Waals surface area contributed by atoms with Gasteiger partial charge in [0.25, 0.3) is 5.79 Å². The lowest BCUT2D eigenvalue weighted by molar-refractivity contribution is -0.237. The third-order valence-corrected chi connectivity index (χ3v) is 5.33. The van der Waals surface area contributed by atoms with Crippen LogP contribution in [-0.4, -0.2) is 53.5 Å². The zero-order valence-electron chi connectivity index (χ0n) is 16.2. The van der Waals surface area contributed by atoms with Gasteiger partial charge in [-0.25, -0.2) is 0 Å². The highest BCUT2D eigenvalue weighted by Gasteiger charge is 2.58. The topological polar surface area (TPSA) is 85.2 Å². The highest BCUT2D eigenvalue weighted by atomic mass is 16.7. The zero-order chi connectivity index (χ0) is 18.8. The molecule has 0 saturated carbocycles. The molecular weight excluding hydrogens is 336 g/mol.